The molecule has 0 spiro atoms. The van der Waals surface area contributed by atoms with Gasteiger partial charge in [0.15, 0.2) is 0 Å². The van der Waals surface area contributed by atoms with Gasteiger partial charge in [-0.1, -0.05) is 12.1 Å². The summed E-state index contributed by atoms with van der Waals surface area (Å²) in [6, 6.07) is 5.00. The van der Waals surface area contributed by atoms with Gasteiger partial charge < -0.3 is 4.74 Å². The molecule has 1 aliphatic rings. The molecule has 1 atom stereocenters. The van der Waals surface area contributed by atoms with Gasteiger partial charge in [0.05, 0.1) is 11.0 Å². The van der Waals surface area contributed by atoms with Crippen molar-refractivity contribution in [1.82, 2.24) is 0 Å². The Bertz CT molecular complexity index is 351. The molecule has 1 aliphatic heterocycles. The number of benzene rings is 1. The van der Waals surface area contributed by atoms with E-state index >= 15 is 0 Å². The molecule has 88 valence electrons. The Balaban J connectivity index is 0.000000181. The molecule has 0 N–H and O–H groups in total. The normalized spacial score (nSPS) is 18.8. The number of ether oxygens (including phenoxy) is 1. The van der Waals surface area contributed by atoms with Gasteiger partial charge in [-0.15, -0.1) is 0 Å². The summed E-state index contributed by atoms with van der Waals surface area (Å²) in [7, 11) is 0. The lowest BCUT2D eigenvalue weighted by Gasteiger charge is -1.94. The Morgan fingerprint density at radius 3 is 2.50 bits per heavy atom. The highest BCUT2D eigenvalue weighted by atomic mass is 19.1. The molecule has 0 saturated carbocycles. The zero-order valence-electron chi connectivity index (χ0n) is 9.06. The van der Waals surface area contributed by atoms with Crippen LogP contribution in [0.1, 0.15) is 19.8 Å². The maximum absolute atomic E-state index is 12.4. The van der Waals surface area contributed by atoms with Crippen molar-refractivity contribution in [2.45, 2.75) is 25.9 Å². The number of nitro groups is 1. The van der Waals surface area contributed by atoms with Crippen LogP contribution >= 0.6 is 0 Å². The highest BCUT2D eigenvalue weighted by Gasteiger charge is 2.10. The predicted molar refractivity (Wildman–Crippen MR) is 57.7 cm³/mol. The van der Waals surface area contributed by atoms with Crippen molar-refractivity contribution in [2.75, 3.05) is 6.61 Å². The van der Waals surface area contributed by atoms with Gasteiger partial charge in [0, 0.05) is 12.7 Å². The molecule has 4 nitrogen and oxygen atoms in total. The van der Waals surface area contributed by atoms with E-state index in [0.717, 1.165) is 18.7 Å². The molecule has 2 rings (SSSR count). The summed E-state index contributed by atoms with van der Waals surface area (Å²) in [5, 5.41) is 9.99. The van der Waals surface area contributed by atoms with Gasteiger partial charge in [-0.2, -0.15) is 4.39 Å². The fourth-order valence-electron chi connectivity index (χ4n) is 1.34. The minimum Gasteiger partial charge on any atom is -0.379 e. The van der Waals surface area contributed by atoms with E-state index in [1.807, 2.05) is 0 Å². The maximum Gasteiger partial charge on any atom is 0.304 e. The average molecular weight is 227 g/mol. The molecule has 1 heterocycles. The van der Waals surface area contributed by atoms with Gasteiger partial charge in [-0.05, 0) is 25.8 Å². The third-order valence-corrected chi connectivity index (χ3v) is 2.21. The molecule has 1 fully saturated rings. The minimum absolute atomic E-state index is 0.484. The van der Waals surface area contributed by atoms with Gasteiger partial charge >= 0.3 is 5.69 Å². The van der Waals surface area contributed by atoms with Gasteiger partial charge in [0.25, 0.3) is 0 Å². The minimum atomic E-state index is -0.799. The first-order valence-electron chi connectivity index (χ1n) is 5.12. The number of nitro benzene ring substituents is 1. The fraction of sp³-hybridized carbons (Fsp3) is 0.455. The number of nitrogens with zero attached hydrogens (tertiary/aromatic N) is 1. The number of para-hydroxylation sites is 1. The lowest BCUT2D eigenvalue weighted by Crippen LogP contribution is -1.94. The van der Waals surface area contributed by atoms with E-state index in [-0.39, 0.29) is 0 Å². The lowest BCUT2D eigenvalue weighted by atomic mass is 10.3. The topological polar surface area (TPSA) is 52.4 Å². The molecule has 1 aromatic rings. The number of halogens is 1. The monoisotopic (exact) mass is 227 g/mol. The third kappa shape index (κ3) is 3.94. The second-order valence-electron chi connectivity index (χ2n) is 3.53. The van der Waals surface area contributed by atoms with Crippen molar-refractivity contribution in [2.24, 2.45) is 0 Å². The first kappa shape index (κ1) is 12.6. The SMILES string of the molecule is CC1CCCO1.O=[N+]([O-])c1ccccc1F. The zero-order chi connectivity index (χ0) is 12.0. The lowest BCUT2D eigenvalue weighted by molar-refractivity contribution is -0.387. The summed E-state index contributed by atoms with van der Waals surface area (Å²) < 4.78 is 17.6. The largest absolute Gasteiger partial charge is 0.379 e. The van der Waals surface area contributed by atoms with E-state index < -0.39 is 16.4 Å². The summed E-state index contributed by atoms with van der Waals surface area (Å²) >= 11 is 0. The molecule has 16 heavy (non-hydrogen) atoms. The van der Waals surface area contributed by atoms with Crippen LogP contribution in [0, 0.1) is 15.9 Å². The molecule has 5 heteroatoms. The van der Waals surface area contributed by atoms with Crippen LogP contribution in [0.5, 0.6) is 0 Å². The molecule has 0 aliphatic carbocycles. The summed E-state index contributed by atoms with van der Waals surface area (Å²) in [6.45, 7) is 3.11. The molecule has 0 radical (unpaired) electrons. The second-order valence-corrected chi connectivity index (χ2v) is 3.53. The molecular formula is C11H14FNO3. The Hall–Kier alpha value is -1.49. The summed E-state index contributed by atoms with van der Waals surface area (Å²) in [5.74, 6) is -0.799. The smallest absolute Gasteiger partial charge is 0.304 e. The summed E-state index contributed by atoms with van der Waals surface area (Å²) in [5.41, 5.74) is -0.484. The van der Waals surface area contributed by atoms with Crippen molar-refractivity contribution in [3.8, 4) is 0 Å². The van der Waals surface area contributed by atoms with Crippen LogP contribution in [0.25, 0.3) is 0 Å². The predicted octanol–water partition coefficient (Wildman–Crippen LogP) is 2.92. The van der Waals surface area contributed by atoms with Crippen molar-refractivity contribution in [3.63, 3.8) is 0 Å². The van der Waals surface area contributed by atoms with Gasteiger partial charge in [-0.3, -0.25) is 10.1 Å². The van der Waals surface area contributed by atoms with E-state index in [0.29, 0.717) is 6.10 Å². The van der Waals surface area contributed by atoms with Crippen LogP contribution in [-0.4, -0.2) is 17.6 Å². The molecule has 0 aromatic heterocycles. The van der Waals surface area contributed by atoms with Gasteiger partial charge in [0.2, 0.25) is 5.82 Å². The first-order chi connectivity index (χ1) is 7.61. The first-order valence-corrected chi connectivity index (χ1v) is 5.12. The van der Waals surface area contributed by atoms with Crippen molar-refractivity contribution >= 4 is 5.69 Å². The van der Waals surface area contributed by atoms with Crippen LogP contribution in [0.4, 0.5) is 10.1 Å². The van der Waals surface area contributed by atoms with Crippen LogP contribution < -0.4 is 0 Å². The van der Waals surface area contributed by atoms with Crippen LogP contribution in [0.15, 0.2) is 24.3 Å². The van der Waals surface area contributed by atoms with Gasteiger partial charge in [0.1, 0.15) is 0 Å². The second kappa shape index (κ2) is 6.17. The van der Waals surface area contributed by atoms with Crippen molar-refractivity contribution in [3.05, 3.63) is 40.2 Å². The van der Waals surface area contributed by atoms with E-state index in [1.165, 1.54) is 25.0 Å². The number of rotatable bonds is 1. The van der Waals surface area contributed by atoms with E-state index in [9.17, 15) is 14.5 Å². The standard InChI is InChI=1S/C6H4FNO2.C5H10O/c7-5-3-1-2-4-6(5)8(9)10;1-5-3-2-4-6-5/h1-4H;5H,2-4H2,1H3. The molecule has 1 unspecified atom stereocenters. The zero-order valence-corrected chi connectivity index (χ0v) is 9.06. The molecule has 0 amide bonds. The molecule has 1 aromatic carbocycles. The van der Waals surface area contributed by atoms with E-state index in [2.05, 4.69) is 6.92 Å². The molecule has 1 saturated heterocycles. The maximum atomic E-state index is 12.4. The van der Waals surface area contributed by atoms with Crippen molar-refractivity contribution in [1.29, 1.82) is 0 Å². The molecule has 0 bridgehead atoms. The van der Waals surface area contributed by atoms with Gasteiger partial charge in [-0.25, -0.2) is 0 Å². The van der Waals surface area contributed by atoms with Crippen LogP contribution in [0.2, 0.25) is 0 Å². The van der Waals surface area contributed by atoms with Crippen molar-refractivity contribution < 1.29 is 14.1 Å². The summed E-state index contributed by atoms with van der Waals surface area (Å²) in [6.07, 6.45) is 3.08. The summed E-state index contributed by atoms with van der Waals surface area (Å²) in [4.78, 5) is 9.23. The molecular weight excluding hydrogens is 213 g/mol. The highest BCUT2D eigenvalue weighted by molar-refractivity contribution is 5.30. The highest BCUT2D eigenvalue weighted by Crippen LogP contribution is 2.14. The Labute approximate surface area is 93.2 Å². The Morgan fingerprint density at radius 2 is 2.19 bits per heavy atom. The third-order valence-electron chi connectivity index (χ3n) is 2.21. The van der Waals surface area contributed by atoms with Crippen LogP contribution in [-0.2, 0) is 4.74 Å². The number of hydrogen-bond donors (Lipinski definition) is 0. The quantitative estimate of drug-likeness (QED) is 0.547. The van der Waals surface area contributed by atoms with E-state index in [1.54, 1.807) is 0 Å². The Morgan fingerprint density at radius 1 is 1.50 bits per heavy atom. The number of hydrogen-bond acceptors (Lipinski definition) is 3. The van der Waals surface area contributed by atoms with E-state index in [4.69, 9.17) is 4.74 Å². The van der Waals surface area contributed by atoms with Crippen LogP contribution in [0.3, 0.4) is 0 Å². The average Bonchev–Trinajstić information content (AvgIpc) is 2.70. The fourth-order valence-corrected chi connectivity index (χ4v) is 1.34. The Kier molecular flexibility index (Phi) is 4.85.